The van der Waals surface area contributed by atoms with Gasteiger partial charge >= 0.3 is 0 Å². The fourth-order valence-electron chi connectivity index (χ4n) is 1.24. The van der Waals surface area contributed by atoms with E-state index in [9.17, 15) is 0 Å². The van der Waals surface area contributed by atoms with Crippen LogP contribution in [-0.4, -0.2) is 15.1 Å². The molecule has 0 aliphatic carbocycles. The fourth-order valence-corrected chi connectivity index (χ4v) is 2.50. The molecule has 3 rings (SSSR count). The summed E-state index contributed by atoms with van der Waals surface area (Å²) in [5.74, 6) is 0.930. The van der Waals surface area contributed by atoms with Crippen molar-refractivity contribution in [2.75, 3.05) is 5.73 Å². The molecule has 0 saturated heterocycles. The summed E-state index contributed by atoms with van der Waals surface area (Å²) >= 11 is 2.96. The van der Waals surface area contributed by atoms with E-state index in [-0.39, 0.29) is 0 Å². The average molecular weight is 250 g/mol. The van der Waals surface area contributed by atoms with Crippen molar-refractivity contribution < 1.29 is 4.52 Å². The first kappa shape index (κ1) is 9.49. The Labute approximate surface area is 98.6 Å². The molecule has 0 aromatic carbocycles. The maximum absolute atomic E-state index is 5.77. The van der Waals surface area contributed by atoms with Gasteiger partial charge in [-0.3, -0.25) is 0 Å². The van der Waals surface area contributed by atoms with Crippen LogP contribution in [0, 0.1) is 0 Å². The molecule has 0 saturated carbocycles. The summed E-state index contributed by atoms with van der Waals surface area (Å²) in [6.45, 7) is 0. The molecule has 0 unspecified atom stereocenters. The van der Waals surface area contributed by atoms with Gasteiger partial charge < -0.3 is 10.3 Å². The highest BCUT2D eigenvalue weighted by Gasteiger charge is 2.14. The van der Waals surface area contributed by atoms with Crippen molar-refractivity contribution in [1.82, 2.24) is 15.1 Å². The van der Waals surface area contributed by atoms with E-state index in [1.807, 2.05) is 16.8 Å². The Morgan fingerprint density at radius 2 is 2.31 bits per heavy atom. The van der Waals surface area contributed by atoms with E-state index in [1.165, 1.54) is 22.7 Å². The van der Waals surface area contributed by atoms with Crippen LogP contribution < -0.4 is 5.73 Å². The minimum absolute atomic E-state index is 0.440. The Morgan fingerprint density at radius 3 is 3.00 bits per heavy atom. The lowest BCUT2D eigenvalue weighted by atomic mass is 10.4. The van der Waals surface area contributed by atoms with Crippen LogP contribution >= 0.6 is 22.7 Å². The highest BCUT2D eigenvalue weighted by Crippen LogP contribution is 2.31. The van der Waals surface area contributed by atoms with Crippen molar-refractivity contribution in [3.8, 4) is 22.3 Å². The number of hydrogen-bond acceptors (Lipinski definition) is 7. The summed E-state index contributed by atoms with van der Waals surface area (Å²) in [4.78, 5) is 9.16. The first-order valence-corrected chi connectivity index (χ1v) is 6.22. The quantitative estimate of drug-likeness (QED) is 0.756. The van der Waals surface area contributed by atoms with Gasteiger partial charge in [0.1, 0.15) is 10.6 Å². The third kappa shape index (κ3) is 1.50. The zero-order chi connectivity index (χ0) is 11.0. The zero-order valence-electron chi connectivity index (χ0n) is 7.95. The number of nitrogens with zero attached hydrogens (tertiary/aromatic N) is 3. The summed E-state index contributed by atoms with van der Waals surface area (Å²) in [5, 5.41) is 7.62. The summed E-state index contributed by atoms with van der Waals surface area (Å²) in [6.07, 6.45) is 0. The molecular formula is C9H6N4OS2. The molecule has 0 atom stereocenters. The van der Waals surface area contributed by atoms with E-state index >= 15 is 0 Å². The average Bonchev–Trinajstić information content (AvgIpc) is 2.96. The number of thiazole rings is 1. The number of thiophene rings is 1. The Hall–Kier alpha value is -1.73. The molecule has 5 nitrogen and oxygen atoms in total. The van der Waals surface area contributed by atoms with Crippen molar-refractivity contribution in [1.29, 1.82) is 0 Å². The largest absolute Gasteiger partial charge is 0.397 e. The first-order chi connectivity index (χ1) is 7.84. The van der Waals surface area contributed by atoms with Crippen LogP contribution in [0.5, 0.6) is 0 Å². The van der Waals surface area contributed by atoms with E-state index in [0.29, 0.717) is 17.4 Å². The van der Waals surface area contributed by atoms with Crippen LogP contribution in [-0.2, 0) is 0 Å². The van der Waals surface area contributed by atoms with E-state index in [0.717, 1.165) is 10.6 Å². The van der Waals surface area contributed by atoms with Gasteiger partial charge in [0.15, 0.2) is 0 Å². The molecule has 80 valence electrons. The van der Waals surface area contributed by atoms with Gasteiger partial charge in [-0.15, -0.1) is 22.7 Å². The number of hydrogen-bond donors (Lipinski definition) is 1. The lowest BCUT2D eigenvalue weighted by molar-refractivity contribution is 0.433. The Balaban J connectivity index is 2.03. The third-order valence-electron chi connectivity index (χ3n) is 1.98. The van der Waals surface area contributed by atoms with E-state index < -0.39 is 0 Å². The molecule has 0 radical (unpaired) electrons. The molecule has 3 aromatic heterocycles. The van der Waals surface area contributed by atoms with Crippen molar-refractivity contribution in [3.05, 3.63) is 22.3 Å². The molecule has 2 N–H and O–H groups in total. The summed E-state index contributed by atoms with van der Waals surface area (Å²) in [7, 11) is 0. The number of nitrogens with two attached hydrogens (primary N) is 1. The second-order valence-electron chi connectivity index (χ2n) is 3.00. The molecule has 0 bridgehead atoms. The fraction of sp³-hybridized carbons (Fsp3) is 0. The van der Waals surface area contributed by atoms with Crippen LogP contribution in [0.3, 0.4) is 0 Å². The van der Waals surface area contributed by atoms with Crippen LogP contribution in [0.4, 0.5) is 5.69 Å². The second kappa shape index (κ2) is 3.69. The molecule has 0 amide bonds. The molecule has 0 aliphatic heterocycles. The number of aromatic nitrogens is 3. The van der Waals surface area contributed by atoms with Gasteiger partial charge in [0, 0.05) is 5.38 Å². The second-order valence-corrected chi connectivity index (χ2v) is 4.64. The zero-order valence-corrected chi connectivity index (χ0v) is 9.59. The predicted octanol–water partition coefficient (Wildman–Crippen LogP) is 2.50. The third-order valence-corrected chi connectivity index (χ3v) is 3.48. The Kier molecular flexibility index (Phi) is 2.19. The highest BCUT2D eigenvalue weighted by molar-refractivity contribution is 7.14. The molecule has 0 spiro atoms. The topological polar surface area (TPSA) is 77.8 Å². The maximum atomic E-state index is 5.77. The molecular weight excluding hydrogens is 244 g/mol. The van der Waals surface area contributed by atoms with Gasteiger partial charge in [0.2, 0.25) is 5.82 Å². The van der Waals surface area contributed by atoms with Gasteiger partial charge in [-0.2, -0.15) is 4.98 Å². The van der Waals surface area contributed by atoms with Crippen molar-refractivity contribution in [2.24, 2.45) is 0 Å². The van der Waals surface area contributed by atoms with Crippen LogP contribution in [0.25, 0.3) is 22.3 Å². The van der Waals surface area contributed by atoms with Crippen molar-refractivity contribution >= 4 is 28.4 Å². The molecule has 16 heavy (non-hydrogen) atoms. The molecule has 3 heterocycles. The summed E-state index contributed by atoms with van der Waals surface area (Å²) in [6, 6.07) is 1.81. The predicted molar refractivity (Wildman–Crippen MR) is 63.1 cm³/mol. The van der Waals surface area contributed by atoms with Gasteiger partial charge in [0.25, 0.3) is 5.89 Å². The van der Waals surface area contributed by atoms with Gasteiger partial charge in [0.05, 0.1) is 11.2 Å². The van der Waals surface area contributed by atoms with E-state index in [2.05, 4.69) is 15.1 Å². The van der Waals surface area contributed by atoms with E-state index in [4.69, 9.17) is 10.3 Å². The number of rotatable bonds is 2. The van der Waals surface area contributed by atoms with Crippen LogP contribution in [0.2, 0.25) is 0 Å². The minimum Gasteiger partial charge on any atom is -0.397 e. The monoisotopic (exact) mass is 250 g/mol. The van der Waals surface area contributed by atoms with E-state index in [1.54, 1.807) is 5.51 Å². The smallest absolute Gasteiger partial charge is 0.270 e. The van der Waals surface area contributed by atoms with Crippen LogP contribution in [0.15, 0.2) is 26.9 Å². The standard InChI is InChI=1S/C9H6N4OS2/c10-5-1-2-16-7(5)9-12-8(13-14-9)6-3-15-4-11-6/h1-4H,10H2. The lowest BCUT2D eigenvalue weighted by Crippen LogP contribution is -1.84. The lowest BCUT2D eigenvalue weighted by Gasteiger charge is -1.88. The van der Waals surface area contributed by atoms with Gasteiger partial charge in [-0.1, -0.05) is 5.16 Å². The molecule has 3 aromatic rings. The highest BCUT2D eigenvalue weighted by atomic mass is 32.1. The summed E-state index contributed by atoms with van der Waals surface area (Å²) < 4.78 is 5.15. The Morgan fingerprint density at radius 1 is 1.38 bits per heavy atom. The van der Waals surface area contributed by atoms with Crippen LogP contribution in [0.1, 0.15) is 0 Å². The number of anilines is 1. The van der Waals surface area contributed by atoms with Crippen molar-refractivity contribution in [3.63, 3.8) is 0 Å². The minimum atomic E-state index is 0.440. The molecule has 0 aliphatic rings. The van der Waals surface area contributed by atoms with Crippen molar-refractivity contribution in [2.45, 2.75) is 0 Å². The first-order valence-electron chi connectivity index (χ1n) is 4.40. The normalized spacial score (nSPS) is 10.8. The number of nitrogen functional groups attached to an aromatic ring is 1. The SMILES string of the molecule is Nc1ccsc1-c1nc(-c2cscn2)no1. The molecule has 7 heteroatoms. The Bertz CT molecular complexity index is 599. The molecule has 0 fully saturated rings. The van der Waals surface area contributed by atoms with Gasteiger partial charge in [-0.25, -0.2) is 4.98 Å². The van der Waals surface area contributed by atoms with Gasteiger partial charge in [-0.05, 0) is 11.4 Å². The summed E-state index contributed by atoms with van der Waals surface area (Å²) in [5.41, 5.74) is 8.87. The maximum Gasteiger partial charge on any atom is 0.270 e.